The molecule has 0 aromatic carbocycles. The minimum Gasteiger partial charge on any atom is -0.479 e. The number of allylic oxidation sites excluding steroid dienone is 3. The fourth-order valence-electron chi connectivity index (χ4n) is 4.04. The number of aromatic nitrogens is 2. The number of aliphatic hydroxyl groups excluding tert-OH is 1. The van der Waals surface area contributed by atoms with E-state index in [4.69, 9.17) is 14.9 Å². The highest BCUT2D eigenvalue weighted by molar-refractivity contribution is 5.94. The maximum Gasteiger partial charge on any atom is 0.343 e. The van der Waals surface area contributed by atoms with Gasteiger partial charge in [-0.25, -0.2) is 19.6 Å². The molecule has 33 heavy (non-hydrogen) atoms. The summed E-state index contributed by atoms with van der Waals surface area (Å²) in [5, 5.41) is 27.7. The number of nitrogens with zero attached hydrogens (tertiary/aromatic N) is 4. The standard InChI is InChI=1S/C13H16N4.C10H12O6/c1-2-7-17(8-3-1)13-9-12(15-10-16-13)11-5-4-6-14-11;1-5-3-4-6(8(12)13)7(11)10(5,16-2)9(14)15/h4-6,9-11H,1-3,7-8H2;3-4,7,11H,1-2H3,(H,12,13)(H,14,15). The zero-order valence-electron chi connectivity index (χ0n) is 18.6. The van der Waals surface area contributed by atoms with Crippen LogP contribution < -0.4 is 4.90 Å². The molecule has 3 aliphatic rings. The molecule has 0 amide bonds. The molecule has 10 heteroatoms. The number of piperidine rings is 1. The summed E-state index contributed by atoms with van der Waals surface area (Å²) in [6.07, 6.45) is 12.1. The third-order valence-corrected chi connectivity index (χ3v) is 5.95. The van der Waals surface area contributed by atoms with Gasteiger partial charge < -0.3 is 25.0 Å². The minimum atomic E-state index is -2.03. The van der Waals surface area contributed by atoms with Crippen LogP contribution in [-0.2, 0) is 14.3 Å². The van der Waals surface area contributed by atoms with Gasteiger partial charge in [0, 0.05) is 32.5 Å². The smallest absolute Gasteiger partial charge is 0.343 e. The highest BCUT2D eigenvalue weighted by Crippen LogP contribution is 2.33. The molecule has 3 heterocycles. The molecule has 1 aromatic rings. The zero-order valence-corrected chi connectivity index (χ0v) is 18.6. The Morgan fingerprint density at radius 3 is 2.45 bits per heavy atom. The van der Waals surface area contributed by atoms with Gasteiger partial charge in [-0.3, -0.25) is 4.99 Å². The third kappa shape index (κ3) is 5.01. The Kier molecular flexibility index (Phi) is 7.72. The van der Waals surface area contributed by atoms with E-state index in [-0.39, 0.29) is 11.6 Å². The number of methoxy groups -OCH3 is 1. The summed E-state index contributed by atoms with van der Waals surface area (Å²) >= 11 is 0. The fourth-order valence-corrected chi connectivity index (χ4v) is 4.04. The molecule has 10 nitrogen and oxygen atoms in total. The topological polar surface area (TPSA) is 145 Å². The van der Waals surface area contributed by atoms with Gasteiger partial charge in [0.05, 0.1) is 11.3 Å². The largest absolute Gasteiger partial charge is 0.479 e. The Hall–Kier alpha value is -3.37. The van der Waals surface area contributed by atoms with Gasteiger partial charge in [0.1, 0.15) is 24.3 Å². The summed E-state index contributed by atoms with van der Waals surface area (Å²) in [6, 6.07) is 2.16. The second-order valence-corrected chi connectivity index (χ2v) is 7.90. The third-order valence-electron chi connectivity index (χ3n) is 5.95. The highest BCUT2D eigenvalue weighted by atomic mass is 16.5. The van der Waals surface area contributed by atoms with Crippen molar-refractivity contribution in [2.45, 2.75) is 43.9 Å². The fraction of sp³-hybridized carbons (Fsp3) is 0.435. The lowest BCUT2D eigenvalue weighted by atomic mass is 9.80. The van der Waals surface area contributed by atoms with E-state index in [1.807, 2.05) is 12.3 Å². The van der Waals surface area contributed by atoms with Crippen LogP contribution in [0, 0.1) is 0 Å². The number of carbonyl (C=O) groups is 2. The number of carboxylic acids is 2. The van der Waals surface area contributed by atoms with Crippen LogP contribution in [0.3, 0.4) is 0 Å². The van der Waals surface area contributed by atoms with Crippen molar-refractivity contribution in [3.63, 3.8) is 0 Å². The van der Waals surface area contributed by atoms with E-state index in [2.05, 4.69) is 32.0 Å². The van der Waals surface area contributed by atoms with Crippen molar-refractivity contribution in [1.29, 1.82) is 0 Å². The first kappa shape index (κ1) is 24.3. The average Bonchev–Trinajstić information content (AvgIpc) is 3.35. The van der Waals surface area contributed by atoms with Crippen LogP contribution in [-0.4, -0.2) is 75.3 Å². The molecule has 0 radical (unpaired) electrons. The van der Waals surface area contributed by atoms with Gasteiger partial charge in [0.25, 0.3) is 0 Å². The molecule has 1 saturated heterocycles. The second kappa shape index (κ2) is 10.5. The molecule has 0 saturated carbocycles. The van der Waals surface area contributed by atoms with Crippen molar-refractivity contribution >= 4 is 24.0 Å². The van der Waals surface area contributed by atoms with E-state index in [9.17, 15) is 14.7 Å². The molecule has 0 spiro atoms. The molecule has 176 valence electrons. The van der Waals surface area contributed by atoms with Crippen molar-refractivity contribution in [3.05, 3.63) is 53.5 Å². The summed E-state index contributed by atoms with van der Waals surface area (Å²) < 4.78 is 4.82. The Bertz CT molecular complexity index is 1000. The number of hydrogen-bond donors (Lipinski definition) is 3. The summed E-state index contributed by atoms with van der Waals surface area (Å²) in [7, 11) is 1.11. The zero-order chi connectivity index (χ0) is 24.0. The Balaban J connectivity index is 0.000000186. The Morgan fingerprint density at radius 1 is 1.15 bits per heavy atom. The van der Waals surface area contributed by atoms with E-state index in [1.54, 1.807) is 6.33 Å². The van der Waals surface area contributed by atoms with Gasteiger partial charge in [0.2, 0.25) is 5.60 Å². The molecule has 1 aliphatic carbocycles. The lowest BCUT2D eigenvalue weighted by Crippen LogP contribution is -2.55. The SMILES string of the molecule is C1=CC(c2cc(N3CCCCC3)ncn2)N=C1.COC1(C(=O)O)C(C)=CC=C(C(=O)O)C1O. The number of anilines is 1. The molecule has 2 aliphatic heterocycles. The summed E-state index contributed by atoms with van der Waals surface area (Å²) in [6.45, 7) is 3.68. The molecule has 3 unspecified atom stereocenters. The lowest BCUT2D eigenvalue weighted by Gasteiger charge is -2.35. The van der Waals surface area contributed by atoms with E-state index >= 15 is 0 Å². The maximum absolute atomic E-state index is 11.2. The van der Waals surface area contributed by atoms with Crippen molar-refractivity contribution in [1.82, 2.24) is 9.97 Å². The predicted molar refractivity (Wildman–Crippen MR) is 121 cm³/mol. The summed E-state index contributed by atoms with van der Waals surface area (Å²) in [4.78, 5) is 37.3. The quantitative estimate of drug-likeness (QED) is 0.605. The predicted octanol–water partition coefficient (Wildman–Crippen LogP) is 1.94. The number of rotatable bonds is 5. The summed E-state index contributed by atoms with van der Waals surface area (Å²) in [5.74, 6) is -1.76. The van der Waals surface area contributed by atoms with Gasteiger partial charge in [-0.1, -0.05) is 12.2 Å². The van der Waals surface area contributed by atoms with E-state index < -0.39 is 29.2 Å². The number of ether oxygens (including phenoxy) is 1. The second-order valence-electron chi connectivity index (χ2n) is 7.90. The van der Waals surface area contributed by atoms with Crippen LogP contribution in [0.4, 0.5) is 5.82 Å². The molecule has 3 atom stereocenters. The molecule has 1 fully saturated rings. The lowest BCUT2D eigenvalue weighted by molar-refractivity contribution is -0.168. The van der Waals surface area contributed by atoms with Crippen LogP contribution in [0.1, 0.15) is 37.9 Å². The maximum atomic E-state index is 11.2. The molecule has 1 aromatic heterocycles. The Morgan fingerprint density at radius 2 is 1.88 bits per heavy atom. The number of hydrogen-bond acceptors (Lipinski definition) is 8. The highest BCUT2D eigenvalue weighted by Gasteiger charge is 2.51. The van der Waals surface area contributed by atoms with Crippen molar-refractivity contribution in [2.24, 2.45) is 4.99 Å². The van der Waals surface area contributed by atoms with Crippen molar-refractivity contribution in [3.8, 4) is 0 Å². The van der Waals surface area contributed by atoms with Crippen molar-refractivity contribution < 1.29 is 29.6 Å². The van der Waals surface area contributed by atoms with Crippen LogP contribution >= 0.6 is 0 Å². The van der Waals surface area contributed by atoms with Gasteiger partial charge in [-0.2, -0.15) is 0 Å². The number of aliphatic imine (C=N–C) groups is 1. The minimum absolute atomic E-state index is 0.0848. The average molecular weight is 456 g/mol. The number of carboxylic acid groups (broad SMARTS) is 2. The number of aliphatic carboxylic acids is 2. The van der Waals surface area contributed by atoms with Gasteiger partial charge in [-0.05, 0) is 43.9 Å². The molecule has 4 rings (SSSR count). The van der Waals surface area contributed by atoms with E-state index in [0.717, 1.165) is 31.7 Å². The van der Waals surface area contributed by atoms with Gasteiger partial charge in [-0.15, -0.1) is 0 Å². The molecule has 0 bridgehead atoms. The van der Waals surface area contributed by atoms with E-state index in [0.29, 0.717) is 0 Å². The normalized spacial score (nSPS) is 26.2. The first-order valence-corrected chi connectivity index (χ1v) is 10.7. The summed E-state index contributed by atoms with van der Waals surface area (Å²) in [5.41, 5.74) is -1.21. The van der Waals surface area contributed by atoms with Crippen molar-refractivity contribution in [2.75, 3.05) is 25.1 Å². The van der Waals surface area contributed by atoms with E-state index in [1.165, 1.54) is 38.3 Å². The van der Waals surface area contributed by atoms with Crippen LogP contribution in [0.15, 0.2) is 52.8 Å². The Labute approximate surface area is 191 Å². The van der Waals surface area contributed by atoms with Gasteiger partial charge in [0.15, 0.2) is 0 Å². The molecule has 3 N–H and O–H groups in total. The molecular formula is C23H28N4O6. The van der Waals surface area contributed by atoms with Crippen LogP contribution in [0.5, 0.6) is 0 Å². The first-order valence-electron chi connectivity index (χ1n) is 10.7. The monoisotopic (exact) mass is 456 g/mol. The van der Waals surface area contributed by atoms with Crippen LogP contribution in [0.25, 0.3) is 0 Å². The van der Waals surface area contributed by atoms with Crippen LogP contribution in [0.2, 0.25) is 0 Å². The molecular weight excluding hydrogens is 428 g/mol. The number of aliphatic hydroxyl groups is 1. The van der Waals surface area contributed by atoms with Gasteiger partial charge >= 0.3 is 11.9 Å². The first-order chi connectivity index (χ1) is 15.8.